The van der Waals surface area contributed by atoms with Crippen LogP contribution in [0.2, 0.25) is 0 Å². The highest BCUT2D eigenvalue weighted by molar-refractivity contribution is 7.48. The lowest BCUT2D eigenvalue weighted by molar-refractivity contribution is -0.384. The molecule has 0 N–H and O–H groups in total. The van der Waals surface area contributed by atoms with Crippen molar-refractivity contribution in [3.63, 3.8) is 0 Å². The molecule has 0 fully saturated rings. The quantitative estimate of drug-likeness (QED) is 0.477. The van der Waals surface area contributed by atoms with Gasteiger partial charge in [0, 0.05) is 12.1 Å². The second-order valence-electron chi connectivity index (χ2n) is 3.79. The highest BCUT2D eigenvalue weighted by atomic mass is 31.1. The first-order chi connectivity index (χ1) is 9.16. The van der Waals surface area contributed by atoms with E-state index in [-0.39, 0.29) is 12.3 Å². The number of nitro benzene ring substituents is 1. The van der Waals surface area contributed by atoms with Crippen molar-refractivity contribution in [2.45, 2.75) is 6.61 Å². The van der Waals surface area contributed by atoms with Crippen molar-refractivity contribution in [1.82, 2.24) is 0 Å². The van der Waals surface area contributed by atoms with Gasteiger partial charge >= 0.3 is 8.03 Å². The Morgan fingerprint density at radius 2 is 1.68 bits per heavy atom. The molecule has 0 saturated carbocycles. The van der Waals surface area contributed by atoms with Crippen LogP contribution in [0.3, 0.4) is 0 Å². The highest BCUT2D eigenvalue weighted by Crippen LogP contribution is 2.23. The summed E-state index contributed by atoms with van der Waals surface area (Å²) in [6.45, 7) is 0.155. The molecular formula is C13H11NO4P+. The minimum Gasteiger partial charge on any atom is -0.258 e. The fourth-order valence-electron chi connectivity index (χ4n) is 1.47. The lowest BCUT2D eigenvalue weighted by Crippen LogP contribution is -1.97. The molecule has 0 heterocycles. The van der Waals surface area contributed by atoms with Gasteiger partial charge in [-0.1, -0.05) is 18.2 Å². The molecular weight excluding hydrogens is 265 g/mol. The zero-order valence-electron chi connectivity index (χ0n) is 9.93. The van der Waals surface area contributed by atoms with Crippen LogP contribution in [0, 0.1) is 10.1 Å². The number of non-ortho nitro benzene ring substituents is 1. The molecule has 1 unspecified atom stereocenters. The van der Waals surface area contributed by atoms with E-state index in [9.17, 15) is 14.7 Å². The van der Waals surface area contributed by atoms with Gasteiger partial charge < -0.3 is 0 Å². The SMILES string of the molecule is O=[N+]([O-])c1ccc(CO[P+](=O)c2ccccc2)cc1. The average Bonchev–Trinajstić information content (AvgIpc) is 2.46. The molecule has 0 aliphatic carbocycles. The van der Waals surface area contributed by atoms with E-state index in [1.807, 2.05) is 6.07 Å². The first kappa shape index (κ1) is 13.3. The third-order valence-corrected chi connectivity index (χ3v) is 3.55. The normalized spacial score (nSPS) is 11.1. The van der Waals surface area contributed by atoms with Gasteiger partial charge in [0.25, 0.3) is 5.69 Å². The molecule has 2 aromatic rings. The number of rotatable bonds is 5. The van der Waals surface area contributed by atoms with Crippen molar-refractivity contribution in [2.75, 3.05) is 0 Å². The van der Waals surface area contributed by atoms with Crippen molar-refractivity contribution >= 4 is 19.0 Å². The summed E-state index contributed by atoms with van der Waals surface area (Å²) >= 11 is 0. The number of nitro groups is 1. The van der Waals surface area contributed by atoms with Crippen LogP contribution in [0.4, 0.5) is 5.69 Å². The highest BCUT2D eigenvalue weighted by Gasteiger charge is 2.21. The van der Waals surface area contributed by atoms with Crippen LogP contribution < -0.4 is 5.30 Å². The van der Waals surface area contributed by atoms with E-state index in [2.05, 4.69) is 0 Å². The molecule has 0 aliphatic rings. The van der Waals surface area contributed by atoms with Crippen LogP contribution in [0.15, 0.2) is 54.6 Å². The fraction of sp³-hybridized carbons (Fsp3) is 0.0769. The van der Waals surface area contributed by atoms with Crippen molar-refractivity contribution in [1.29, 1.82) is 0 Å². The number of nitrogens with zero attached hydrogens (tertiary/aromatic N) is 1. The predicted octanol–water partition coefficient (Wildman–Crippen LogP) is 3.18. The summed E-state index contributed by atoms with van der Waals surface area (Å²) in [5.41, 5.74) is 0.765. The second kappa shape index (κ2) is 6.18. The Labute approximate surface area is 110 Å². The molecule has 2 rings (SSSR count). The summed E-state index contributed by atoms with van der Waals surface area (Å²) < 4.78 is 17.1. The first-order valence-corrected chi connectivity index (χ1v) is 6.73. The zero-order chi connectivity index (χ0) is 13.7. The Balaban J connectivity index is 1.95. The van der Waals surface area contributed by atoms with E-state index in [4.69, 9.17) is 4.52 Å². The number of hydrogen-bond donors (Lipinski definition) is 0. The van der Waals surface area contributed by atoms with Gasteiger partial charge in [-0.05, 0) is 34.4 Å². The molecule has 0 aromatic heterocycles. The van der Waals surface area contributed by atoms with Gasteiger partial charge in [-0.25, -0.2) is 0 Å². The predicted molar refractivity (Wildman–Crippen MR) is 71.6 cm³/mol. The molecule has 0 aliphatic heterocycles. The smallest absolute Gasteiger partial charge is 0.258 e. The Morgan fingerprint density at radius 3 is 2.26 bits per heavy atom. The van der Waals surface area contributed by atoms with Gasteiger partial charge in [-0.3, -0.25) is 10.1 Å². The molecule has 0 bridgehead atoms. The van der Waals surface area contributed by atoms with Gasteiger partial charge in [0.05, 0.1) is 4.92 Å². The average molecular weight is 276 g/mol. The van der Waals surface area contributed by atoms with E-state index >= 15 is 0 Å². The fourth-order valence-corrected chi connectivity index (χ4v) is 2.30. The lowest BCUT2D eigenvalue weighted by atomic mass is 10.2. The van der Waals surface area contributed by atoms with Crippen LogP contribution in [-0.4, -0.2) is 4.92 Å². The Hall–Kier alpha value is -2.10. The molecule has 0 spiro atoms. The van der Waals surface area contributed by atoms with Crippen LogP contribution in [0.1, 0.15) is 5.56 Å². The summed E-state index contributed by atoms with van der Waals surface area (Å²) in [6.07, 6.45) is 0. The van der Waals surface area contributed by atoms with Gasteiger partial charge in [0.1, 0.15) is 6.61 Å². The maximum atomic E-state index is 11.8. The molecule has 0 amide bonds. The molecule has 2 aromatic carbocycles. The third kappa shape index (κ3) is 3.68. The minimum absolute atomic E-state index is 0.0243. The van der Waals surface area contributed by atoms with Crippen molar-refractivity contribution < 1.29 is 14.0 Å². The van der Waals surface area contributed by atoms with E-state index < -0.39 is 13.0 Å². The van der Waals surface area contributed by atoms with Crippen LogP contribution >= 0.6 is 8.03 Å². The van der Waals surface area contributed by atoms with E-state index in [1.165, 1.54) is 12.1 Å². The summed E-state index contributed by atoms with van der Waals surface area (Å²) in [5.74, 6) is 0. The molecule has 5 nitrogen and oxygen atoms in total. The summed E-state index contributed by atoms with van der Waals surface area (Å²) in [4.78, 5) is 10.0. The topological polar surface area (TPSA) is 69.4 Å². The van der Waals surface area contributed by atoms with Crippen LogP contribution in [-0.2, 0) is 15.7 Å². The standard InChI is InChI=1S/C13H11NO4P/c15-14(16)12-8-6-11(7-9-12)10-18-19(17)13-4-2-1-3-5-13/h1-9H,10H2/q+1. The third-order valence-electron chi connectivity index (χ3n) is 2.46. The van der Waals surface area contributed by atoms with Crippen molar-refractivity contribution in [3.8, 4) is 0 Å². The van der Waals surface area contributed by atoms with Crippen molar-refractivity contribution in [3.05, 3.63) is 70.3 Å². The monoisotopic (exact) mass is 276 g/mol. The second-order valence-corrected chi connectivity index (χ2v) is 5.08. The molecule has 19 heavy (non-hydrogen) atoms. The Bertz CT molecular complexity index is 583. The van der Waals surface area contributed by atoms with E-state index in [1.54, 1.807) is 36.4 Å². The zero-order valence-corrected chi connectivity index (χ0v) is 10.8. The summed E-state index contributed by atoms with van der Waals surface area (Å²) in [7, 11) is -1.90. The largest absolute Gasteiger partial charge is 0.549 e. The van der Waals surface area contributed by atoms with Gasteiger partial charge in [-0.15, -0.1) is 4.52 Å². The van der Waals surface area contributed by atoms with Crippen LogP contribution in [0.25, 0.3) is 0 Å². The molecule has 96 valence electrons. The van der Waals surface area contributed by atoms with Crippen LogP contribution in [0.5, 0.6) is 0 Å². The van der Waals surface area contributed by atoms with Gasteiger partial charge in [0.15, 0.2) is 0 Å². The molecule has 6 heteroatoms. The van der Waals surface area contributed by atoms with Crippen molar-refractivity contribution in [2.24, 2.45) is 0 Å². The van der Waals surface area contributed by atoms with Gasteiger partial charge in [-0.2, -0.15) is 0 Å². The number of benzene rings is 2. The summed E-state index contributed by atoms with van der Waals surface area (Å²) in [5, 5.41) is 11.1. The molecule has 1 atom stereocenters. The van der Waals surface area contributed by atoms with E-state index in [0.717, 1.165) is 5.56 Å². The maximum absolute atomic E-state index is 11.8. The van der Waals surface area contributed by atoms with E-state index in [0.29, 0.717) is 5.30 Å². The Morgan fingerprint density at radius 1 is 1.05 bits per heavy atom. The maximum Gasteiger partial charge on any atom is 0.549 e. The lowest BCUT2D eigenvalue weighted by Gasteiger charge is -1.95. The minimum atomic E-state index is -1.90. The molecule has 0 saturated heterocycles. The number of hydrogen-bond acceptors (Lipinski definition) is 4. The Kier molecular flexibility index (Phi) is 4.34. The summed E-state index contributed by atoms with van der Waals surface area (Å²) in [6, 6.07) is 14.9. The first-order valence-electron chi connectivity index (χ1n) is 5.55. The van der Waals surface area contributed by atoms with Gasteiger partial charge in [0.2, 0.25) is 5.30 Å². The molecule has 0 radical (unpaired) electrons.